The van der Waals surface area contributed by atoms with Gasteiger partial charge in [0.2, 0.25) is 0 Å². The number of benzene rings is 3. The largest absolute Gasteiger partial charge is 0.506 e. The molecule has 0 unspecified atom stereocenters. The second-order valence-corrected chi connectivity index (χ2v) is 7.07. The number of carboxylic acids is 1. The molecule has 0 aromatic heterocycles. The normalized spacial score (nSPS) is 11.0. The molecule has 0 fully saturated rings. The summed E-state index contributed by atoms with van der Waals surface area (Å²) in [5.74, 6) is -1.94. The molecule has 7 nitrogen and oxygen atoms in total. The van der Waals surface area contributed by atoms with E-state index in [-0.39, 0.29) is 21.4 Å². The van der Waals surface area contributed by atoms with Gasteiger partial charge in [-0.1, -0.05) is 24.3 Å². The summed E-state index contributed by atoms with van der Waals surface area (Å²) in [6.45, 7) is 0. The van der Waals surface area contributed by atoms with Gasteiger partial charge in [-0.25, -0.2) is 13.2 Å². The number of hydrogen-bond acceptors (Lipinski definition) is 5. The molecule has 3 aromatic rings. The molecule has 0 aliphatic rings. The number of fused-ring (bicyclic) bond motifs is 1. The zero-order valence-corrected chi connectivity index (χ0v) is 14.0. The van der Waals surface area contributed by atoms with Gasteiger partial charge in [-0.15, -0.1) is 0 Å². The lowest BCUT2D eigenvalue weighted by Gasteiger charge is -2.13. The third-order valence-corrected chi connectivity index (χ3v) is 5.19. The molecule has 0 heterocycles. The molecule has 0 radical (unpaired) electrons. The van der Waals surface area contributed by atoms with Gasteiger partial charge < -0.3 is 10.2 Å². The molecule has 0 amide bonds. The van der Waals surface area contributed by atoms with Crippen molar-refractivity contribution in [2.75, 3.05) is 4.72 Å². The van der Waals surface area contributed by atoms with Gasteiger partial charge in [-0.3, -0.25) is 4.72 Å². The van der Waals surface area contributed by atoms with Crippen LogP contribution >= 0.6 is 0 Å². The van der Waals surface area contributed by atoms with E-state index in [1.165, 1.54) is 36.4 Å². The standard InChI is InChI=1S/C18H12N2O5S/c19-10-11-5-7-12(8-6-11)20-26(24,25)16-9-15(18(22)23)17(21)14-4-2-1-3-13(14)16/h1-9,20-21H,(H,22,23). The predicted molar refractivity (Wildman–Crippen MR) is 94.5 cm³/mol. The summed E-state index contributed by atoms with van der Waals surface area (Å²) in [5.41, 5.74) is 0.0816. The molecule has 3 N–H and O–H groups in total. The molecule has 0 aliphatic heterocycles. The molecule has 0 saturated carbocycles. The van der Waals surface area contributed by atoms with E-state index >= 15 is 0 Å². The van der Waals surface area contributed by atoms with Gasteiger partial charge in [0, 0.05) is 16.5 Å². The first-order valence-electron chi connectivity index (χ1n) is 7.34. The topological polar surface area (TPSA) is 127 Å². The summed E-state index contributed by atoms with van der Waals surface area (Å²) in [5, 5.41) is 28.5. The van der Waals surface area contributed by atoms with Crippen LogP contribution in [0.1, 0.15) is 15.9 Å². The maximum Gasteiger partial charge on any atom is 0.339 e. The quantitative estimate of drug-likeness (QED) is 0.650. The van der Waals surface area contributed by atoms with Crippen LogP contribution in [0, 0.1) is 11.3 Å². The molecule has 26 heavy (non-hydrogen) atoms. The summed E-state index contributed by atoms with van der Waals surface area (Å²) in [6, 6.07) is 14.7. The number of carbonyl (C=O) groups is 1. The molecule has 0 atom stereocenters. The van der Waals surface area contributed by atoms with Gasteiger partial charge in [0.15, 0.2) is 0 Å². The van der Waals surface area contributed by atoms with E-state index < -0.39 is 27.3 Å². The molecule has 0 bridgehead atoms. The number of phenols is 1. The van der Waals surface area contributed by atoms with Crippen molar-refractivity contribution in [1.29, 1.82) is 5.26 Å². The average molecular weight is 368 g/mol. The van der Waals surface area contributed by atoms with Gasteiger partial charge in [0.1, 0.15) is 11.3 Å². The Bertz CT molecular complexity index is 1160. The van der Waals surface area contributed by atoms with Crippen molar-refractivity contribution in [2.45, 2.75) is 4.90 Å². The Hall–Kier alpha value is -3.57. The number of hydrogen-bond donors (Lipinski definition) is 3. The van der Waals surface area contributed by atoms with Crippen molar-refractivity contribution in [1.82, 2.24) is 0 Å². The number of nitrogens with zero attached hydrogens (tertiary/aromatic N) is 1. The first-order chi connectivity index (χ1) is 12.3. The average Bonchev–Trinajstić information content (AvgIpc) is 2.62. The Kier molecular flexibility index (Phi) is 4.24. The Morgan fingerprint density at radius 3 is 2.23 bits per heavy atom. The highest BCUT2D eigenvalue weighted by molar-refractivity contribution is 7.93. The zero-order valence-electron chi connectivity index (χ0n) is 13.2. The van der Waals surface area contributed by atoms with Crippen LogP contribution in [0.2, 0.25) is 0 Å². The van der Waals surface area contributed by atoms with Crippen molar-refractivity contribution >= 4 is 32.5 Å². The monoisotopic (exact) mass is 368 g/mol. The number of nitrogens with one attached hydrogen (secondary N) is 1. The molecular weight excluding hydrogens is 356 g/mol. The van der Waals surface area contributed by atoms with Crippen LogP contribution in [0.25, 0.3) is 10.8 Å². The SMILES string of the molecule is N#Cc1ccc(NS(=O)(=O)c2cc(C(=O)O)c(O)c3ccccc23)cc1. The van der Waals surface area contributed by atoms with E-state index in [0.29, 0.717) is 5.56 Å². The maximum absolute atomic E-state index is 12.8. The smallest absolute Gasteiger partial charge is 0.339 e. The third-order valence-electron chi connectivity index (χ3n) is 3.76. The number of sulfonamides is 1. The Balaban J connectivity index is 2.17. The summed E-state index contributed by atoms with van der Waals surface area (Å²) >= 11 is 0. The highest BCUT2D eigenvalue weighted by atomic mass is 32.2. The molecule has 0 aliphatic carbocycles. The van der Waals surface area contributed by atoms with Crippen molar-refractivity contribution in [3.8, 4) is 11.8 Å². The summed E-state index contributed by atoms with van der Waals surface area (Å²) in [4.78, 5) is 11.1. The van der Waals surface area contributed by atoms with Crippen LogP contribution in [0.3, 0.4) is 0 Å². The van der Waals surface area contributed by atoms with E-state index in [9.17, 15) is 23.4 Å². The Morgan fingerprint density at radius 2 is 1.65 bits per heavy atom. The van der Waals surface area contributed by atoms with E-state index in [0.717, 1.165) is 6.07 Å². The van der Waals surface area contributed by atoms with Crippen LogP contribution in [0.5, 0.6) is 5.75 Å². The number of aromatic carboxylic acids is 1. The minimum atomic E-state index is -4.14. The number of anilines is 1. The van der Waals surface area contributed by atoms with E-state index in [2.05, 4.69) is 4.72 Å². The van der Waals surface area contributed by atoms with Crippen LogP contribution in [0.15, 0.2) is 59.5 Å². The fraction of sp³-hybridized carbons (Fsp3) is 0. The highest BCUT2D eigenvalue weighted by Crippen LogP contribution is 2.34. The van der Waals surface area contributed by atoms with Crippen LogP contribution < -0.4 is 4.72 Å². The third kappa shape index (κ3) is 3.03. The number of nitriles is 1. The maximum atomic E-state index is 12.8. The van der Waals surface area contributed by atoms with Gasteiger partial charge in [-0.05, 0) is 30.3 Å². The van der Waals surface area contributed by atoms with Crippen LogP contribution in [-0.2, 0) is 10.0 Å². The fourth-order valence-corrected chi connectivity index (χ4v) is 3.83. The predicted octanol–water partition coefficient (Wildman–Crippen LogP) is 2.92. The minimum Gasteiger partial charge on any atom is -0.506 e. The van der Waals surface area contributed by atoms with E-state index in [4.69, 9.17) is 5.26 Å². The van der Waals surface area contributed by atoms with Crippen LogP contribution in [0.4, 0.5) is 5.69 Å². The number of carboxylic acid groups (broad SMARTS) is 1. The molecule has 130 valence electrons. The lowest BCUT2D eigenvalue weighted by atomic mass is 10.1. The van der Waals surface area contributed by atoms with Gasteiger partial charge in [-0.2, -0.15) is 5.26 Å². The second kappa shape index (κ2) is 6.38. The Morgan fingerprint density at radius 1 is 1.04 bits per heavy atom. The van der Waals surface area contributed by atoms with Gasteiger partial charge in [0.05, 0.1) is 16.5 Å². The summed E-state index contributed by atoms with van der Waals surface area (Å²) in [7, 11) is -4.14. The molecule has 3 aromatic carbocycles. The van der Waals surface area contributed by atoms with Crippen molar-refractivity contribution in [3.63, 3.8) is 0 Å². The summed E-state index contributed by atoms with van der Waals surface area (Å²) < 4.78 is 28.0. The van der Waals surface area contributed by atoms with E-state index in [1.54, 1.807) is 12.1 Å². The number of rotatable bonds is 4. The minimum absolute atomic E-state index is 0.118. The lowest BCUT2D eigenvalue weighted by Crippen LogP contribution is -2.14. The van der Waals surface area contributed by atoms with Crippen molar-refractivity contribution < 1.29 is 23.4 Å². The molecule has 0 saturated heterocycles. The second-order valence-electron chi connectivity index (χ2n) is 5.42. The van der Waals surface area contributed by atoms with Crippen LogP contribution in [-0.4, -0.2) is 24.6 Å². The van der Waals surface area contributed by atoms with Gasteiger partial charge >= 0.3 is 5.97 Å². The van der Waals surface area contributed by atoms with Crippen molar-refractivity contribution in [3.05, 3.63) is 65.7 Å². The molecule has 3 rings (SSSR count). The highest BCUT2D eigenvalue weighted by Gasteiger charge is 2.24. The fourth-order valence-electron chi connectivity index (χ4n) is 2.54. The van der Waals surface area contributed by atoms with Gasteiger partial charge in [0.25, 0.3) is 10.0 Å². The molecular formula is C18H12N2O5S. The van der Waals surface area contributed by atoms with Crippen molar-refractivity contribution in [2.24, 2.45) is 0 Å². The zero-order chi connectivity index (χ0) is 18.9. The molecule has 0 spiro atoms. The first-order valence-corrected chi connectivity index (χ1v) is 8.83. The summed E-state index contributed by atoms with van der Waals surface area (Å²) in [6.07, 6.45) is 0. The first kappa shape index (κ1) is 17.3. The van der Waals surface area contributed by atoms with E-state index in [1.807, 2.05) is 6.07 Å². The lowest BCUT2D eigenvalue weighted by molar-refractivity contribution is 0.0694. The number of aromatic hydroxyl groups is 1. The molecule has 8 heteroatoms. The Labute approximate surface area is 148 Å².